The number of hydrogen-bond donors (Lipinski definition) is 2. The van der Waals surface area contributed by atoms with E-state index >= 15 is 0 Å². The molecule has 1 aliphatic rings. The van der Waals surface area contributed by atoms with Gasteiger partial charge in [-0.05, 0) is 6.42 Å². The van der Waals surface area contributed by atoms with Crippen LogP contribution in [0.5, 0.6) is 0 Å². The molecular formula is C6H12N4O. The molecule has 0 saturated carbocycles. The fourth-order valence-electron chi connectivity index (χ4n) is 1.10. The Morgan fingerprint density at radius 1 is 1.73 bits per heavy atom. The molecule has 11 heavy (non-hydrogen) atoms. The standard InChI is InChI=1S/C6H12N4O/c1-10-3-2-4(5(10)11)9-6(7)8/h4H,2-3H2,1H3,(H4,7,8,9). The van der Waals surface area contributed by atoms with Gasteiger partial charge in [0.2, 0.25) is 5.91 Å². The molecule has 0 aliphatic carbocycles. The van der Waals surface area contributed by atoms with Gasteiger partial charge in [-0.1, -0.05) is 0 Å². The average molecular weight is 156 g/mol. The first kappa shape index (κ1) is 7.84. The van der Waals surface area contributed by atoms with Gasteiger partial charge in [0.25, 0.3) is 0 Å². The maximum absolute atomic E-state index is 11.1. The van der Waals surface area contributed by atoms with E-state index in [4.69, 9.17) is 11.5 Å². The minimum atomic E-state index is -0.343. The molecule has 1 rings (SSSR count). The maximum Gasteiger partial charge on any atom is 0.247 e. The third-order valence-corrected chi connectivity index (χ3v) is 1.70. The van der Waals surface area contributed by atoms with Crippen LogP contribution >= 0.6 is 0 Å². The highest BCUT2D eigenvalue weighted by Gasteiger charge is 2.28. The van der Waals surface area contributed by atoms with E-state index < -0.39 is 0 Å². The zero-order valence-corrected chi connectivity index (χ0v) is 6.45. The van der Waals surface area contributed by atoms with Gasteiger partial charge in [-0.25, -0.2) is 4.99 Å². The molecule has 0 spiro atoms. The predicted octanol–water partition coefficient (Wildman–Crippen LogP) is -1.51. The fourth-order valence-corrected chi connectivity index (χ4v) is 1.10. The second-order valence-electron chi connectivity index (χ2n) is 2.62. The lowest BCUT2D eigenvalue weighted by atomic mass is 10.3. The van der Waals surface area contributed by atoms with Crippen molar-refractivity contribution in [3.8, 4) is 0 Å². The molecule has 62 valence electrons. The van der Waals surface area contributed by atoms with Crippen molar-refractivity contribution in [1.29, 1.82) is 0 Å². The Morgan fingerprint density at radius 2 is 2.36 bits per heavy atom. The van der Waals surface area contributed by atoms with Crippen LogP contribution in [0.2, 0.25) is 0 Å². The minimum Gasteiger partial charge on any atom is -0.370 e. The van der Waals surface area contributed by atoms with Crippen molar-refractivity contribution in [2.75, 3.05) is 13.6 Å². The number of amides is 1. The number of carbonyl (C=O) groups excluding carboxylic acids is 1. The van der Waals surface area contributed by atoms with E-state index in [1.807, 2.05) is 0 Å². The zero-order valence-electron chi connectivity index (χ0n) is 6.45. The Kier molecular flexibility index (Phi) is 1.98. The first-order valence-corrected chi connectivity index (χ1v) is 3.45. The monoisotopic (exact) mass is 156 g/mol. The Labute approximate surface area is 65.1 Å². The molecule has 1 atom stereocenters. The van der Waals surface area contributed by atoms with E-state index in [0.717, 1.165) is 6.54 Å². The van der Waals surface area contributed by atoms with E-state index in [0.29, 0.717) is 6.42 Å². The van der Waals surface area contributed by atoms with Crippen LogP contribution in [0.1, 0.15) is 6.42 Å². The molecule has 5 heteroatoms. The molecule has 0 aromatic heterocycles. The number of likely N-dealkylation sites (N-methyl/N-ethyl adjacent to an activating group) is 1. The molecule has 4 N–H and O–H groups in total. The van der Waals surface area contributed by atoms with Gasteiger partial charge in [-0.2, -0.15) is 0 Å². The summed E-state index contributed by atoms with van der Waals surface area (Å²) in [6.45, 7) is 0.736. The van der Waals surface area contributed by atoms with Crippen LogP contribution in [0, 0.1) is 0 Å². The van der Waals surface area contributed by atoms with E-state index in [9.17, 15) is 4.79 Å². The Morgan fingerprint density at radius 3 is 2.73 bits per heavy atom. The highest BCUT2D eigenvalue weighted by molar-refractivity contribution is 5.87. The summed E-state index contributed by atoms with van der Waals surface area (Å²) in [5.74, 6) is -0.0166. The summed E-state index contributed by atoms with van der Waals surface area (Å²) in [6.07, 6.45) is 0.716. The van der Waals surface area contributed by atoms with E-state index in [-0.39, 0.29) is 17.9 Å². The van der Waals surface area contributed by atoms with Crippen LogP contribution < -0.4 is 11.5 Å². The van der Waals surface area contributed by atoms with Crippen LogP contribution in [0.25, 0.3) is 0 Å². The third kappa shape index (κ3) is 1.60. The summed E-state index contributed by atoms with van der Waals surface area (Å²) in [6, 6.07) is -0.343. The predicted molar refractivity (Wildman–Crippen MR) is 41.9 cm³/mol. The van der Waals surface area contributed by atoms with Crippen LogP contribution in [0.15, 0.2) is 4.99 Å². The molecule has 1 fully saturated rings. The number of aliphatic imine (C=N–C) groups is 1. The number of likely N-dealkylation sites (tertiary alicyclic amines) is 1. The van der Waals surface area contributed by atoms with Gasteiger partial charge >= 0.3 is 0 Å². The van der Waals surface area contributed by atoms with E-state index in [1.54, 1.807) is 11.9 Å². The first-order chi connectivity index (χ1) is 5.11. The fraction of sp³-hybridized carbons (Fsp3) is 0.667. The number of hydrogen-bond acceptors (Lipinski definition) is 2. The summed E-state index contributed by atoms with van der Waals surface area (Å²) in [4.78, 5) is 16.6. The van der Waals surface area contributed by atoms with Gasteiger partial charge < -0.3 is 16.4 Å². The second kappa shape index (κ2) is 2.77. The summed E-state index contributed by atoms with van der Waals surface area (Å²) in [7, 11) is 1.74. The van der Waals surface area contributed by atoms with Crippen LogP contribution in [-0.4, -0.2) is 36.4 Å². The van der Waals surface area contributed by atoms with Gasteiger partial charge in [0.05, 0.1) is 0 Å². The molecule has 1 saturated heterocycles. The van der Waals surface area contributed by atoms with Gasteiger partial charge in [-0.15, -0.1) is 0 Å². The Hall–Kier alpha value is -1.26. The van der Waals surface area contributed by atoms with Crippen molar-refractivity contribution >= 4 is 11.9 Å². The normalized spacial score (nSPS) is 23.9. The topological polar surface area (TPSA) is 84.7 Å². The zero-order chi connectivity index (χ0) is 8.43. The Balaban J connectivity index is 2.63. The summed E-state index contributed by atoms with van der Waals surface area (Å²) in [5.41, 5.74) is 10.3. The number of nitrogens with zero attached hydrogens (tertiary/aromatic N) is 2. The molecular weight excluding hydrogens is 144 g/mol. The van der Waals surface area contributed by atoms with E-state index in [2.05, 4.69) is 4.99 Å². The summed E-state index contributed by atoms with van der Waals surface area (Å²) >= 11 is 0. The van der Waals surface area contributed by atoms with Crippen molar-refractivity contribution in [2.24, 2.45) is 16.5 Å². The molecule has 0 bridgehead atoms. The molecule has 0 radical (unpaired) electrons. The molecule has 0 aromatic rings. The average Bonchev–Trinajstić information content (AvgIpc) is 2.18. The largest absolute Gasteiger partial charge is 0.370 e. The van der Waals surface area contributed by atoms with Crippen molar-refractivity contribution in [3.63, 3.8) is 0 Å². The van der Waals surface area contributed by atoms with Gasteiger partial charge in [0.1, 0.15) is 6.04 Å². The lowest BCUT2D eigenvalue weighted by Crippen LogP contribution is -2.29. The van der Waals surface area contributed by atoms with E-state index in [1.165, 1.54) is 0 Å². The molecule has 1 heterocycles. The van der Waals surface area contributed by atoms with Crippen molar-refractivity contribution < 1.29 is 4.79 Å². The number of guanidine groups is 1. The second-order valence-corrected chi connectivity index (χ2v) is 2.62. The highest BCUT2D eigenvalue weighted by Crippen LogP contribution is 2.11. The molecule has 1 amide bonds. The number of carbonyl (C=O) groups is 1. The van der Waals surface area contributed by atoms with Crippen molar-refractivity contribution in [3.05, 3.63) is 0 Å². The van der Waals surface area contributed by atoms with Crippen LogP contribution in [0.4, 0.5) is 0 Å². The molecule has 5 nitrogen and oxygen atoms in total. The maximum atomic E-state index is 11.1. The summed E-state index contributed by atoms with van der Waals surface area (Å²) in [5, 5.41) is 0. The quantitative estimate of drug-likeness (QED) is 0.357. The molecule has 1 aliphatic heterocycles. The van der Waals surface area contributed by atoms with Gasteiger partial charge in [0, 0.05) is 13.6 Å². The molecule has 0 aromatic carbocycles. The third-order valence-electron chi connectivity index (χ3n) is 1.70. The summed E-state index contributed by atoms with van der Waals surface area (Å²) < 4.78 is 0. The van der Waals surface area contributed by atoms with Crippen molar-refractivity contribution in [1.82, 2.24) is 4.90 Å². The first-order valence-electron chi connectivity index (χ1n) is 3.45. The lowest BCUT2D eigenvalue weighted by molar-refractivity contribution is -0.127. The minimum absolute atomic E-state index is 0.00148. The van der Waals surface area contributed by atoms with Gasteiger partial charge in [0.15, 0.2) is 5.96 Å². The number of rotatable bonds is 1. The highest BCUT2D eigenvalue weighted by atomic mass is 16.2. The number of nitrogens with two attached hydrogens (primary N) is 2. The Bertz CT molecular complexity index is 197. The van der Waals surface area contributed by atoms with Crippen LogP contribution in [0.3, 0.4) is 0 Å². The van der Waals surface area contributed by atoms with Crippen LogP contribution in [-0.2, 0) is 4.79 Å². The SMILES string of the molecule is CN1CCC(N=C(N)N)C1=O. The van der Waals surface area contributed by atoms with Crippen molar-refractivity contribution in [2.45, 2.75) is 12.5 Å². The lowest BCUT2D eigenvalue weighted by Gasteiger charge is -2.06. The van der Waals surface area contributed by atoms with Gasteiger partial charge in [-0.3, -0.25) is 4.79 Å². The molecule has 1 unspecified atom stereocenters. The smallest absolute Gasteiger partial charge is 0.247 e.